The summed E-state index contributed by atoms with van der Waals surface area (Å²) in [5.41, 5.74) is 10.9. The number of hydrogen-bond donors (Lipinski definition) is 0. The topological polar surface area (TPSA) is 35.6 Å². The fourth-order valence-corrected chi connectivity index (χ4v) is 9.58. The Kier molecular flexibility index (Phi) is 6.47. The van der Waals surface area contributed by atoms with Crippen molar-refractivity contribution in [1.82, 2.24) is 19.1 Å². The third-order valence-electron chi connectivity index (χ3n) is 11.2. The summed E-state index contributed by atoms with van der Waals surface area (Å²) in [5, 5.41) is 11.7. The average molecular weight is 719 g/mol. The van der Waals surface area contributed by atoms with Crippen molar-refractivity contribution in [3.8, 4) is 34.0 Å². The number of nitrogens with zero attached hydrogens (tertiary/aromatic N) is 4. The van der Waals surface area contributed by atoms with Crippen molar-refractivity contribution in [2.75, 3.05) is 0 Å². The Balaban J connectivity index is 1.15. The maximum atomic E-state index is 5.49. The molecule has 55 heavy (non-hydrogen) atoms. The highest BCUT2D eigenvalue weighted by atomic mass is 32.1. The van der Waals surface area contributed by atoms with Crippen molar-refractivity contribution in [3.05, 3.63) is 181 Å². The van der Waals surface area contributed by atoms with Gasteiger partial charge in [-0.3, -0.25) is 4.57 Å². The van der Waals surface area contributed by atoms with Gasteiger partial charge in [0.15, 0.2) is 0 Å². The molecule has 4 heterocycles. The molecule has 0 fully saturated rings. The Morgan fingerprint density at radius 3 is 1.84 bits per heavy atom. The van der Waals surface area contributed by atoms with E-state index in [1.807, 2.05) is 0 Å². The number of thiophene rings is 1. The van der Waals surface area contributed by atoms with Crippen molar-refractivity contribution >= 4 is 86.7 Å². The summed E-state index contributed by atoms with van der Waals surface area (Å²) >= 11 is 1.75. The van der Waals surface area contributed by atoms with Crippen LogP contribution in [-0.4, -0.2) is 19.1 Å². The summed E-state index contributed by atoms with van der Waals surface area (Å²) in [4.78, 5) is 10.9. The van der Waals surface area contributed by atoms with Crippen LogP contribution in [0.4, 0.5) is 0 Å². The van der Waals surface area contributed by atoms with E-state index in [2.05, 4.69) is 190 Å². The molecule has 5 heteroatoms. The zero-order valence-electron chi connectivity index (χ0n) is 29.5. The Hall–Kier alpha value is -7.08. The minimum absolute atomic E-state index is 0.661. The van der Waals surface area contributed by atoms with Gasteiger partial charge in [-0.15, -0.1) is 11.3 Å². The number of fused-ring (bicyclic) bond motifs is 10. The molecule has 256 valence electrons. The number of benzene rings is 8. The predicted molar refractivity (Wildman–Crippen MR) is 232 cm³/mol. The van der Waals surface area contributed by atoms with Gasteiger partial charge in [0.25, 0.3) is 0 Å². The monoisotopic (exact) mass is 718 g/mol. The largest absolute Gasteiger partial charge is 0.309 e. The van der Waals surface area contributed by atoms with E-state index in [0.717, 1.165) is 50.0 Å². The molecule has 0 saturated heterocycles. The number of hydrogen-bond acceptors (Lipinski definition) is 3. The summed E-state index contributed by atoms with van der Waals surface area (Å²) in [6.45, 7) is 0. The highest BCUT2D eigenvalue weighted by molar-refractivity contribution is 7.18. The van der Waals surface area contributed by atoms with Crippen LogP contribution in [0.15, 0.2) is 181 Å². The van der Waals surface area contributed by atoms with Crippen LogP contribution < -0.4 is 0 Å². The van der Waals surface area contributed by atoms with Gasteiger partial charge >= 0.3 is 0 Å². The van der Waals surface area contributed by atoms with Crippen molar-refractivity contribution in [2.24, 2.45) is 0 Å². The Bertz CT molecular complexity index is 3480. The molecule has 0 saturated carbocycles. The summed E-state index contributed by atoms with van der Waals surface area (Å²) in [6.07, 6.45) is 0. The molecule has 0 atom stereocenters. The molecular weight excluding hydrogens is 689 g/mol. The zero-order chi connectivity index (χ0) is 36.0. The lowest BCUT2D eigenvalue weighted by Gasteiger charge is -2.13. The van der Waals surface area contributed by atoms with E-state index in [4.69, 9.17) is 9.97 Å². The molecule has 0 aliphatic rings. The highest BCUT2D eigenvalue weighted by Crippen LogP contribution is 2.41. The second-order valence-electron chi connectivity index (χ2n) is 14.2. The maximum absolute atomic E-state index is 5.49. The molecule has 0 radical (unpaired) electrons. The third-order valence-corrected chi connectivity index (χ3v) is 12.1. The minimum Gasteiger partial charge on any atom is -0.309 e. The van der Waals surface area contributed by atoms with Gasteiger partial charge in [0, 0.05) is 42.9 Å². The SMILES string of the molecule is c1ccc(-c2nc(-n3c4cc(-c5ccc6c7ccccc7n(-c7ccccc7)c6c5)ccc4c4cc5ccccc5cc43)nc3ccc4ccsc4c23)cc1. The molecule has 12 aromatic rings. The van der Waals surface area contributed by atoms with Crippen LogP contribution in [0.2, 0.25) is 0 Å². The normalized spacial score (nSPS) is 12.0. The molecule has 12 rings (SSSR count). The van der Waals surface area contributed by atoms with Gasteiger partial charge in [0.2, 0.25) is 5.95 Å². The fraction of sp³-hybridized carbons (Fsp3) is 0. The van der Waals surface area contributed by atoms with E-state index in [0.29, 0.717) is 5.95 Å². The molecular formula is C50H30N4S. The van der Waals surface area contributed by atoms with Gasteiger partial charge < -0.3 is 4.57 Å². The Morgan fingerprint density at radius 1 is 0.400 bits per heavy atom. The van der Waals surface area contributed by atoms with Gasteiger partial charge in [-0.05, 0) is 87.3 Å². The van der Waals surface area contributed by atoms with Gasteiger partial charge in [-0.25, -0.2) is 9.97 Å². The van der Waals surface area contributed by atoms with Crippen LogP contribution >= 0.6 is 11.3 Å². The first-order chi connectivity index (χ1) is 27.3. The summed E-state index contributed by atoms with van der Waals surface area (Å²) in [7, 11) is 0. The first kappa shape index (κ1) is 30.4. The van der Waals surface area contributed by atoms with Gasteiger partial charge in [-0.2, -0.15) is 0 Å². The van der Waals surface area contributed by atoms with Gasteiger partial charge in [0.05, 0.1) is 33.3 Å². The Labute approximate surface area is 319 Å². The molecule has 0 spiro atoms. The van der Waals surface area contributed by atoms with Crippen LogP contribution in [0.25, 0.3) is 109 Å². The van der Waals surface area contributed by atoms with E-state index < -0.39 is 0 Å². The van der Waals surface area contributed by atoms with Gasteiger partial charge in [-0.1, -0.05) is 121 Å². The third kappa shape index (κ3) is 4.57. The number of para-hydroxylation sites is 2. The quantitative estimate of drug-likeness (QED) is 0.182. The lowest BCUT2D eigenvalue weighted by atomic mass is 10.0. The van der Waals surface area contributed by atoms with Crippen LogP contribution in [0.1, 0.15) is 0 Å². The Morgan fingerprint density at radius 2 is 1.04 bits per heavy atom. The number of rotatable bonds is 4. The van der Waals surface area contributed by atoms with E-state index >= 15 is 0 Å². The predicted octanol–water partition coefficient (Wildman–Crippen LogP) is 13.5. The van der Waals surface area contributed by atoms with E-state index in [1.54, 1.807) is 11.3 Å². The molecule has 4 nitrogen and oxygen atoms in total. The first-order valence-electron chi connectivity index (χ1n) is 18.6. The number of aromatic nitrogens is 4. The zero-order valence-corrected chi connectivity index (χ0v) is 30.3. The molecule has 4 aromatic heterocycles. The molecule has 0 aliphatic carbocycles. The summed E-state index contributed by atoms with van der Waals surface area (Å²) in [6, 6.07) is 63.4. The summed E-state index contributed by atoms with van der Waals surface area (Å²) in [5.74, 6) is 0.661. The molecule has 0 unspecified atom stereocenters. The van der Waals surface area contributed by atoms with Crippen LogP contribution in [-0.2, 0) is 0 Å². The van der Waals surface area contributed by atoms with Crippen LogP contribution in [0, 0.1) is 0 Å². The standard InChI is InChI=1S/C50H30N4S/c1-3-11-31(12-4-1)48-47-42(24-21-32-25-26-55-49(32)47)51-50(52-48)54-45-30-36(20-23-40(45)41-27-33-13-7-8-14-34(33)28-46(41)54)35-19-22-39-38-17-9-10-18-43(38)53(44(39)29-35)37-15-5-2-6-16-37/h1-30H. The van der Waals surface area contributed by atoms with Crippen molar-refractivity contribution < 1.29 is 0 Å². The second kappa shape index (κ2) is 11.7. The minimum atomic E-state index is 0.661. The van der Waals surface area contributed by atoms with Crippen LogP contribution in [0.3, 0.4) is 0 Å². The van der Waals surface area contributed by atoms with Gasteiger partial charge in [0.1, 0.15) is 0 Å². The van der Waals surface area contributed by atoms with Crippen LogP contribution in [0.5, 0.6) is 0 Å². The molecule has 8 aromatic carbocycles. The highest BCUT2D eigenvalue weighted by Gasteiger charge is 2.21. The lowest BCUT2D eigenvalue weighted by Crippen LogP contribution is -2.03. The smallest absolute Gasteiger partial charge is 0.235 e. The van der Waals surface area contributed by atoms with E-state index in [-0.39, 0.29) is 0 Å². The molecule has 0 aliphatic heterocycles. The van der Waals surface area contributed by atoms with Crippen molar-refractivity contribution in [2.45, 2.75) is 0 Å². The second-order valence-corrected chi connectivity index (χ2v) is 15.2. The molecule has 0 amide bonds. The average Bonchev–Trinajstić information content (AvgIpc) is 3.95. The molecule has 0 N–H and O–H groups in total. The van der Waals surface area contributed by atoms with E-state index in [9.17, 15) is 0 Å². The maximum Gasteiger partial charge on any atom is 0.235 e. The summed E-state index contributed by atoms with van der Waals surface area (Å²) < 4.78 is 5.88. The lowest BCUT2D eigenvalue weighted by molar-refractivity contribution is 1.02. The first-order valence-corrected chi connectivity index (χ1v) is 19.4. The fourth-order valence-electron chi connectivity index (χ4n) is 8.64. The molecule has 0 bridgehead atoms. The van der Waals surface area contributed by atoms with Crippen molar-refractivity contribution in [3.63, 3.8) is 0 Å². The van der Waals surface area contributed by atoms with Crippen molar-refractivity contribution in [1.29, 1.82) is 0 Å². The van der Waals surface area contributed by atoms with E-state index in [1.165, 1.54) is 53.4 Å².